The predicted octanol–water partition coefficient (Wildman–Crippen LogP) is 2.78. The van der Waals surface area contributed by atoms with Gasteiger partial charge in [-0.3, -0.25) is 9.69 Å². The van der Waals surface area contributed by atoms with E-state index in [1.807, 2.05) is 6.07 Å². The second-order valence-corrected chi connectivity index (χ2v) is 6.33. The van der Waals surface area contributed by atoms with Crippen LogP contribution in [-0.4, -0.2) is 34.9 Å². The lowest BCUT2D eigenvalue weighted by Crippen LogP contribution is -2.37. The number of H-pyrrole nitrogens is 1. The van der Waals surface area contributed by atoms with Crippen LogP contribution in [0.1, 0.15) is 22.5 Å². The molecule has 1 aliphatic rings. The number of carbonyl (C=O) groups excluding carboxylic acids is 1. The van der Waals surface area contributed by atoms with Crippen LogP contribution in [-0.2, 0) is 6.54 Å². The van der Waals surface area contributed by atoms with Crippen LogP contribution in [0.2, 0.25) is 0 Å². The summed E-state index contributed by atoms with van der Waals surface area (Å²) in [6, 6.07) is 12.5. The summed E-state index contributed by atoms with van der Waals surface area (Å²) in [4.78, 5) is 17.4. The normalized spacial score (nSPS) is 18.8. The van der Waals surface area contributed by atoms with Crippen LogP contribution < -0.4 is 5.32 Å². The highest BCUT2D eigenvalue weighted by Gasteiger charge is 2.24. The lowest BCUT2D eigenvalue weighted by atomic mass is 10.2. The molecule has 2 N–H and O–H groups in total. The van der Waals surface area contributed by atoms with Crippen molar-refractivity contribution in [3.63, 3.8) is 0 Å². The summed E-state index contributed by atoms with van der Waals surface area (Å²) in [5.74, 6) is -0.0349. The molecule has 0 bridgehead atoms. The number of hydrogen-bond donors (Lipinski definition) is 2. The number of halogens is 1. The van der Waals surface area contributed by atoms with E-state index in [1.54, 1.807) is 12.3 Å². The maximum Gasteiger partial charge on any atom is 0.267 e. The van der Waals surface area contributed by atoms with Crippen LogP contribution in [0, 0.1) is 0 Å². The summed E-state index contributed by atoms with van der Waals surface area (Å²) in [7, 11) is 0. The fourth-order valence-corrected chi connectivity index (χ4v) is 3.04. The van der Waals surface area contributed by atoms with Gasteiger partial charge in [-0.2, -0.15) is 0 Å². The SMILES string of the molecule is O=C(NC1CCN(Cc2ccccc2)C1)c1cc(Br)c[nH]1. The monoisotopic (exact) mass is 347 g/mol. The number of amides is 1. The molecule has 1 amide bonds. The van der Waals surface area contributed by atoms with Gasteiger partial charge in [0, 0.05) is 36.3 Å². The second-order valence-electron chi connectivity index (χ2n) is 5.41. The summed E-state index contributed by atoms with van der Waals surface area (Å²) in [6.45, 7) is 2.87. The van der Waals surface area contributed by atoms with E-state index in [4.69, 9.17) is 0 Å². The molecule has 0 spiro atoms. The molecule has 1 saturated heterocycles. The highest BCUT2D eigenvalue weighted by Crippen LogP contribution is 2.15. The van der Waals surface area contributed by atoms with Crippen molar-refractivity contribution < 1.29 is 4.79 Å². The number of rotatable bonds is 4. The number of nitrogens with zero attached hydrogens (tertiary/aromatic N) is 1. The largest absolute Gasteiger partial charge is 0.356 e. The number of nitrogens with one attached hydrogen (secondary N) is 2. The van der Waals surface area contributed by atoms with Gasteiger partial charge in [-0.25, -0.2) is 0 Å². The van der Waals surface area contributed by atoms with E-state index < -0.39 is 0 Å². The van der Waals surface area contributed by atoms with E-state index >= 15 is 0 Å². The minimum Gasteiger partial charge on any atom is -0.356 e. The first-order chi connectivity index (χ1) is 10.2. The molecule has 1 unspecified atom stereocenters. The molecule has 1 atom stereocenters. The van der Waals surface area contributed by atoms with Gasteiger partial charge < -0.3 is 10.3 Å². The Morgan fingerprint density at radius 2 is 2.19 bits per heavy atom. The maximum atomic E-state index is 12.1. The minimum atomic E-state index is -0.0349. The van der Waals surface area contributed by atoms with Crippen LogP contribution in [0.5, 0.6) is 0 Å². The predicted molar refractivity (Wildman–Crippen MR) is 86.1 cm³/mol. The molecule has 5 heteroatoms. The molecule has 4 nitrogen and oxygen atoms in total. The Morgan fingerprint density at radius 1 is 1.38 bits per heavy atom. The second kappa shape index (κ2) is 6.45. The minimum absolute atomic E-state index is 0.0349. The van der Waals surface area contributed by atoms with E-state index in [9.17, 15) is 4.79 Å². The van der Waals surface area contributed by atoms with Gasteiger partial charge in [0.25, 0.3) is 5.91 Å². The van der Waals surface area contributed by atoms with Gasteiger partial charge in [-0.1, -0.05) is 30.3 Å². The van der Waals surface area contributed by atoms with Gasteiger partial charge in [0.05, 0.1) is 0 Å². The lowest BCUT2D eigenvalue weighted by Gasteiger charge is -2.16. The van der Waals surface area contributed by atoms with Gasteiger partial charge in [0.1, 0.15) is 5.69 Å². The molecule has 3 rings (SSSR count). The quantitative estimate of drug-likeness (QED) is 0.893. The third kappa shape index (κ3) is 3.74. The zero-order chi connectivity index (χ0) is 14.7. The van der Waals surface area contributed by atoms with Crippen LogP contribution in [0.25, 0.3) is 0 Å². The highest BCUT2D eigenvalue weighted by molar-refractivity contribution is 9.10. The summed E-state index contributed by atoms with van der Waals surface area (Å²) < 4.78 is 0.893. The standard InChI is InChI=1S/C16H18BrN3O/c17-13-8-15(18-9-13)16(21)19-14-6-7-20(11-14)10-12-4-2-1-3-5-12/h1-5,8-9,14,18H,6-7,10-11H2,(H,19,21). The van der Waals surface area contributed by atoms with E-state index in [2.05, 4.69) is 55.4 Å². The van der Waals surface area contributed by atoms with Crippen LogP contribution in [0.15, 0.2) is 47.1 Å². The van der Waals surface area contributed by atoms with Gasteiger partial charge in [0.15, 0.2) is 0 Å². The smallest absolute Gasteiger partial charge is 0.267 e. The van der Waals surface area contributed by atoms with Crippen molar-refractivity contribution in [2.75, 3.05) is 13.1 Å². The highest BCUT2D eigenvalue weighted by atomic mass is 79.9. The summed E-state index contributed by atoms with van der Waals surface area (Å²) in [5.41, 5.74) is 1.92. The molecule has 0 saturated carbocycles. The molecule has 0 radical (unpaired) electrons. The molecule has 1 aromatic carbocycles. The van der Waals surface area contributed by atoms with Crippen LogP contribution in [0.3, 0.4) is 0 Å². The van der Waals surface area contributed by atoms with E-state index in [0.29, 0.717) is 5.69 Å². The Hall–Kier alpha value is -1.59. The van der Waals surface area contributed by atoms with Crippen LogP contribution in [0.4, 0.5) is 0 Å². The topological polar surface area (TPSA) is 48.1 Å². The molecule has 0 aliphatic carbocycles. The van der Waals surface area contributed by atoms with Crippen LogP contribution >= 0.6 is 15.9 Å². The molecular formula is C16H18BrN3O. The van der Waals surface area contributed by atoms with Crippen molar-refractivity contribution in [1.82, 2.24) is 15.2 Å². The Labute approximate surface area is 132 Å². The average Bonchev–Trinajstić information content (AvgIpc) is 3.09. The van der Waals surface area contributed by atoms with Gasteiger partial charge >= 0.3 is 0 Å². The Bertz CT molecular complexity index is 611. The summed E-state index contributed by atoms with van der Waals surface area (Å²) >= 11 is 3.34. The molecule has 110 valence electrons. The van der Waals surface area contributed by atoms with Crippen molar-refractivity contribution in [3.05, 3.63) is 58.3 Å². The number of carbonyl (C=O) groups is 1. The van der Waals surface area contributed by atoms with Gasteiger partial charge in [-0.15, -0.1) is 0 Å². The fourth-order valence-electron chi connectivity index (χ4n) is 2.70. The van der Waals surface area contributed by atoms with Crippen molar-refractivity contribution in [2.24, 2.45) is 0 Å². The van der Waals surface area contributed by atoms with Gasteiger partial charge in [0.2, 0.25) is 0 Å². The Morgan fingerprint density at radius 3 is 2.90 bits per heavy atom. The third-order valence-corrected chi connectivity index (χ3v) is 4.21. The molecule has 2 aromatic rings. The number of benzene rings is 1. The molecule has 1 aliphatic heterocycles. The Balaban J connectivity index is 1.52. The number of likely N-dealkylation sites (tertiary alicyclic amines) is 1. The molecule has 1 aromatic heterocycles. The van der Waals surface area contributed by atoms with Gasteiger partial charge in [-0.05, 0) is 34.0 Å². The maximum absolute atomic E-state index is 12.1. The van der Waals surface area contributed by atoms with Crippen molar-refractivity contribution in [2.45, 2.75) is 19.0 Å². The van der Waals surface area contributed by atoms with Crippen molar-refractivity contribution in [3.8, 4) is 0 Å². The van der Waals surface area contributed by atoms with Crippen molar-refractivity contribution in [1.29, 1.82) is 0 Å². The number of aromatic nitrogens is 1. The Kier molecular flexibility index (Phi) is 4.41. The van der Waals surface area contributed by atoms with E-state index in [1.165, 1.54) is 5.56 Å². The fraction of sp³-hybridized carbons (Fsp3) is 0.312. The zero-order valence-corrected chi connectivity index (χ0v) is 13.3. The van der Waals surface area contributed by atoms with Crippen molar-refractivity contribution >= 4 is 21.8 Å². The first kappa shape index (κ1) is 14.4. The lowest BCUT2D eigenvalue weighted by molar-refractivity contribution is 0.0933. The molecule has 2 heterocycles. The number of aromatic amines is 1. The zero-order valence-electron chi connectivity index (χ0n) is 11.7. The summed E-state index contributed by atoms with van der Waals surface area (Å²) in [5, 5.41) is 3.09. The molecule has 1 fully saturated rings. The number of hydrogen-bond acceptors (Lipinski definition) is 2. The van der Waals surface area contributed by atoms with E-state index in [0.717, 1.165) is 30.5 Å². The molecule has 21 heavy (non-hydrogen) atoms. The van der Waals surface area contributed by atoms with E-state index in [-0.39, 0.29) is 11.9 Å². The average molecular weight is 348 g/mol. The molecular weight excluding hydrogens is 330 g/mol. The third-order valence-electron chi connectivity index (χ3n) is 3.75. The first-order valence-electron chi connectivity index (χ1n) is 7.12. The first-order valence-corrected chi connectivity index (χ1v) is 7.91. The summed E-state index contributed by atoms with van der Waals surface area (Å²) in [6.07, 6.45) is 2.77.